The van der Waals surface area contributed by atoms with Crippen molar-refractivity contribution in [3.8, 4) is 11.1 Å². The van der Waals surface area contributed by atoms with Crippen LogP contribution in [0.3, 0.4) is 0 Å². The number of aromatic nitrogens is 3. The lowest BCUT2D eigenvalue weighted by Crippen LogP contribution is -2.29. The van der Waals surface area contributed by atoms with Crippen LogP contribution in [0.1, 0.15) is 49.3 Å². The summed E-state index contributed by atoms with van der Waals surface area (Å²) in [5.74, 6) is -0.405. The number of hydrogen-bond donors (Lipinski definition) is 2. The van der Waals surface area contributed by atoms with Gasteiger partial charge in [-0.3, -0.25) is 4.79 Å². The number of H-pyrrole nitrogens is 1. The van der Waals surface area contributed by atoms with Gasteiger partial charge < -0.3 is 15.0 Å². The van der Waals surface area contributed by atoms with Gasteiger partial charge >= 0.3 is 5.97 Å². The largest absolute Gasteiger partial charge is 0.464 e. The third-order valence-electron chi connectivity index (χ3n) is 6.87. The van der Waals surface area contributed by atoms with Crippen LogP contribution < -0.4 is 5.32 Å². The predicted molar refractivity (Wildman–Crippen MR) is 157 cm³/mol. The number of pyridine rings is 1. The van der Waals surface area contributed by atoms with Gasteiger partial charge in [-0.05, 0) is 66.4 Å². The Bertz CT molecular complexity index is 1650. The Kier molecular flexibility index (Phi) is 7.87. The van der Waals surface area contributed by atoms with Gasteiger partial charge in [-0.2, -0.15) is 0 Å². The van der Waals surface area contributed by atoms with Crippen LogP contribution in [-0.4, -0.2) is 40.5 Å². The molecule has 5 rings (SSSR count). The van der Waals surface area contributed by atoms with Gasteiger partial charge in [0.1, 0.15) is 11.5 Å². The van der Waals surface area contributed by atoms with Gasteiger partial charge in [-0.1, -0.05) is 59.6 Å². The van der Waals surface area contributed by atoms with Crippen molar-refractivity contribution in [3.63, 3.8) is 0 Å². The molecule has 7 nitrogen and oxygen atoms in total. The quantitative estimate of drug-likeness (QED) is 0.207. The number of nitrogens with one attached hydrogen (secondary N) is 2. The molecule has 0 aliphatic carbocycles. The molecule has 202 valence electrons. The second-order valence-corrected chi connectivity index (χ2v) is 10.3. The van der Waals surface area contributed by atoms with Crippen LogP contribution in [0.5, 0.6) is 0 Å². The van der Waals surface area contributed by atoms with E-state index in [4.69, 9.17) is 28.2 Å². The number of imidazole rings is 1. The topological polar surface area (TPSA) is 97.0 Å². The summed E-state index contributed by atoms with van der Waals surface area (Å²) in [5, 5.41) is 3.39. The van der Waals surface area contributed by atoms with Crippen molar-refractivity contribution in [1.29, 1.82) is 0 Å². The van der Waals surface area contributed by atoms with E-state index in [-0.39, 0.29) is 33.8 Å². The molecule has 1 atom stereocenters. The lowest BCUT2D eigenvalue weighted by molar-refractivity contribution is 0.0594. The molecule has 0 radical (unpaired) electrons. The Hall–Kier alpha value is -4.20. The molecule has 9 heteroatoms. The molecule has 0 aliphatic heterocycles. The molecule has 2 heterocycles. The molecule has 0 saturated heterocycles. The minimum Gasteiger partial charge on any atom is -0.464 e. The number of carbonyl (C=O) groups excluding carboxylic acids is 2. The zero-order chi connectivity index (χ0) is 28.4. The van der Waals surface area contributed by atoms with E-state index in [1.165, 1.54) is 18.9 Å². The Balaban J connectivity index is 1.40. The second-order valence-electron chi connectivity index (χ2n) is 9.49. The number of carbonyl (C=O) groups is 2. The van der Waals surface area contributed by atoms with Gasteiger partial charge in [0.2, 0.25) is 0 Å². The Morgan fingerprint density at radius 2 is 1.65 bits per heavy atom. The number of amides is 1. The smallest absolute Gasteiger partial charge is 0.356 e. The number of aryl methyl sites for hydroxylation is 2. The summed E-state index contributed by atoms with van der Waals surface area (Å²) in [4.78, 5) is 37.4. The lowest BCUT2D eigenvalue weighted by atomic mass is 9.98. The molecule has 2 N–H and O–H groups in total. The molecule has 1 unspecified atom stereocenters. The molecule has 0 spiro atoms. The molecule has 0 saturated carbocycles. The van der Waals surface area contributed by atoms with Gasteiger partial charge in [0, 0.05) is 18.3 Å². The van der Waals surface area contributed by atoms with Crippen molar-refractivity contribution in [2.45, 2.75) is 19.8 Å². The molecule has 0 aliphatic rings. The molecule has 2 aromatic heterocycles. The van der Waals surface area contributed by atoms with Gasteiger partial charge in [-0.15, -0.1) is 0 Å². The number of aromatic amines is 1. The summed E-state index contributed by atoms with van der Waals surface area (Å²) >= 11 is 13.1. The maximum absolute atomic E-state index is 13.3. The van der Waals surface area contributed by atoms with E-state index < -0.39 is 11.9 Å². The number of fused-ring (bicyclic) bond motifs is 1. The molecule has 40 heavy (non-hydrogen) atoms. The highest BCUT2D eigenvalue weighted by atomic mass is 35.5. The van der Waals surface area contributed by atoms with Crippen LogP contribution in [0.4, 0.5) is 0 Å². The van der Waals surface area contributed by atoms with Crippen LogP contribution in [0.15, 0.2) is 72.9 Å². The van der Waals surface area contributed by atoms with Crippen LogP contribution in [0.25, 0.3) is 22.2 Å². The summed E-state index contributed by atoms with van der Waals surface area (Å²) < 4.78 is 4.69. The number of hydrogen-bond acceptors (Lipinski definition) is 5. The second kappa shape index (κ2) is 11.5. The summed E-state index contributed by atoms with van der Waals surface area (Å²) in [6.07, 6.45) is 1.52. The Morgan fingerprint density at radius 1 is 0.950 bits per heavy atom. The summed E-state index contributed by atoms with van der Waals surface area (Å²) in [7, 11) is 1.29. The van der Waals surface area contributed by atoms with Crippen molar-refractivity contribution < 1.29 is 14.3 Å². The van der Waals surface area contributed by atoms with E-state index in [0.717, 1.165) is 28.0 Å². The van der Waals surface area contributed by atoms with E-state index in [0.29, 0.717) is 11.1 Å². The van der Waals surface area contributed by atoms with Crippen molar-refractivity contribution in [1.82, 2.24) is 20.3 Å². The molecule has 0 fully saturated rings. The van der Waals surface area contributed by atoms with E-state index >= 15 is 0 Å². The SMILES string of the molecule is COC(=O)c1ccc(-c2cc(Cl)c(C(=O)NCC(c3ccccc3)c3nc4cc(C)c(C)cc4[nH]3)c(Cl)c2)cn1. The molecular formula is C31H26Cl2N4O3. The Labute approximate surface area is 241 Å². The zero-order valence-corrected chi connectivity index (χ0v) is 23.6. The van der Waals surface area contributed by atoms with E-state index in [1.54, 1.807) is 24.3 Å². The number of methoxy groups -OCH3 is 1. The lowest BCUT2D eigenvalue weighted by Gasteiger charge is -2.17. The third kappa shape index (κ3) is 5.57. The Morgan fingerprint density at radius 3 is 2.30 bits per heavy atom. The van der Waals surface area contributed by atoms with Crippen LogP contribution in [0.2, 0.25) is 10.0 Å². The van der Waals surface area contributed by atoms with Crippen LogP contribution in [-0.2, 0) is 4.74 Å². The van der Waals surface area contributed by atoms with Gasteiger partial charge in [0.15, 0.2) is 0 Å². The highest BCUT2D eigenvalue weighted by Gasteiger charge is 2.22. The zero-order valence-electron chi connectivity index (χ0n) is 22.1. The number of benzene rings is 3. The summed E-state index contributed by atoms with van der Waals surface area (Å²) in [6.45, 7) is 4.40. The standard InChI is InChI=1S/C31H26Cl2N4O3/c1-17-11-26-27(12-18(17)2)37-29(36-26)22(19-7-5-4-6-8-19)16-35-30(38)28-23(32)13-21(14-24(28)33)20-9-10-25(34-15-20)31(39)40-3/h4-15,22H,16H2,1-3H3,(H,35,38)(H,36,37). The summed E-state index contributed by atoms with van der Waals surface area (Å²) in [6, 6.07) is 20.6. The van der Waals surface area contributed by atoms with Crippen LogP contribution >= 0.6 is 23.2 Å². The maximum Gasteiger partial charge on any atom is 0.356 e. The predicted octanol–water partition coefficient (Wildman–Crippen LogP) is 6.90. The first-order valence-electron chi connectivity index (χ1n) is 12.6. The average molecular weight is 573 g/mol. The van der Waals surface area contributed by atoms with E-state index in [1.807, 2.05) is 30.3 Å². The fourth-order valence-corrected chi connectivity index (χ4v) is 5.20. The maximum atomic E-state index is 13.3. The highest BCUT2D eigenvalue weighted by Crippen LogP contribution is 2.32. The fourth-order valence-electron chi connectivity index (χ4n) is 4.54. The first-order valence-corrected chi connectivity index (χ1v) is 13.3. The first-order chi connectivity index (χ1) is 19.2. The van der Waals surface area contributed by atoms with Gasteiger partial charge in [-0.25, -0.2) is 14.8 Å². The summed E-state index contributed by atoms with van der Waals surface area (Å²) in [5.41, 5.74) is 6.87. The number of rotatable bonds is 7. The molecular weight excluding hydrogens is 547 g/mol. The number of esters is 1. The van der Waals surface area contributed by atoms with Gasteiger partial charge in [0.05, 0.1) is 39.7 Å². The average Bonchev–Trinajstić information content (AvgIpc) is 3.35. The molecule has 5 aromatic rings. The van der Waals surface area contributed by atoms with E-state index in [2.05, 4.69) is 46.0 Å². The first kappa shape index (κ1) is 27.4. The minimum atomic E-state index is -0.531. The molecule has 0 bridgehead atoms. The van der Waals surface area contributed by atoms with E-state index in [9.17, 15) is 9.59 Å². The van der Waals surface area contributed by atoms with Crippen molar-refractivity contribution in [3.05, 3.63) is 117 Å². The van der Waals surface area contributed by atoms with Crippen molar-refractivity contribution in [2.75, 3.05) is 13.7 Å². The number of halogens is 2. The monoisotopic (exact) mass is 572 g/mol. The molecule has 1 amide bonds. The van der Waals surface area contributed by atoms with Crippen molar-refractivity contribution in [2.24, 2.45) is 0 Å². The fraction of sp³-hybridized carbons (Fsp3) is 0.161. The van der Waals surface area contributed by atoms with Gasteiger partial charge in [0.25, 0.3) is 5.91 Å². The minimum absolute atomic E-state index is 0.175. The van der Waals surface area contributed by atoms with Crippen molar-refractivity contribution >= 4 is 46.1 Å². The molecule has 3 aromatic carbocycles. The number of nitrogens with zero attached hydrogens (tertiary/aromatic N) is 2. The normalized spacial score (nSPS) is 11.8. The third-order valence-corrected chi connectivity index (χ3v) is 7.47. The highest BCUT2D eigenvalue weighted by molar-refractivity contribution is 6.40. The van der Waals surface area contributed by atoms with Crippen LogP contribution in [0, 0.1) is 13.8 Å². The number of ether oxygens (including phenoxy) is 1.